The van der Waals surface area contributed by atoms with E-state index in [1.807, 2.05) is 24.3 Å². The van der Waals surface area contributed by atoms with E-state index in [0.29, 0.717) is 51.3 Å². The number of rotatable bonds is 4. The highest BCUT2D eigenvalue weighted by atomic mass is 32.2. The molecule has 5 rings (SSSR count). The van der Waals surface area contributed by atoms with E-state index in [2.05, 4.69) is 0 Å². The summed E-state index contributed by atoms with van der Waals surface area (Å²) in [6.07, 6.45) is 2.12. The Morgan fingerprint density at radius 3 is 2.18 bits per heavy atom. The number of amides is 2. The molecule has 0 unspecified atom stereocenters. The average Bonchev–Trinajstić information content (AvgIpc) is 3.43. The van der Waals surface area contributed by atoms with Gasteiger partial charge in [-0.05, 0) is 47.9 Å². The van der Waals surface area contributed by atoms with Crippen molar-refractivity contribution in [3.05, 3.63) is 89.4 Å². The van der Waals surface area contributed by atoms with Crippen molar-refractivity contribution in [1.82, 2.24) is 14.1 Å². The summed E-state index contributed by atoms with van der Waals surface area (Å²) in [7, 11) is -3.74. The number of nitrogens with zero attached hydrogens (tertiary/aromatic N) is 3. The molecule has 1 fully saturated rings. The number of hydrogen-bond donors (Lipinski definition) is 0. The van der Waals surface area contributed by atoms with E-state index in [1.54, 1.807) is 34.1 Å². The van der Waals surface area contributed by atoms with Crippen LogP contribution in [0.15, 0.2) is 76.2 Å². The minimum Gasteiger partial charge on any atom is -0.459 e. The van der Waals surface area contributed by atoms with Crippen molar-refractivity contribution in [2.24, 2.45) is 0 Å². The second kappa shape index (κ2) is 9.08. The molecular formula is C25H25N3O5S. The molecule has 0 atom stereocenters. The third kappa shape index (κ3) is 4.24. The van der Waals surface area contributed by atoms with Gasteiger partial charge in [-0.3, -0.25) is 9.59 Å². The van der Waals surface area contributed by atoms with Crippen LogP contribution >= 0.6 is 0 Å². The van der Waals surface area contributed by atoms with Gasteiger partial charge in [0.05, 0.1) is 11.2 Å². The van der Waals surface area contributed by atoms with Gasteiger partial charge in [-0.1, -0.05) is 30.3 Å². The number of carbonyl (C=O) groups excluding carboxylic acids is 2. The summed E-state index contributed by atoms with van der Waals surface area (Å²) in [5.41, 5.74) is 2.50. The molecule has 9 heteroatoms. The lowest BCUT2D eigenvalue weighted by Crippen LogP contribution is -2.50. The normalized spacial score (nSPS) is 16.8. The van der Waals surface area contributed by atoms with Gasteiger partial charge in [-0.25, -0.2) is 8.42 Å². The summed E-state index contributed by atoms with van der Waals surface area (Å²) in [6, 6.07) is 17.4. The molecule has 2 aromatic carbocycles. The number of benzene rings is 2. The van der Waals surface area contributed by atoms with Gasteiger partial charge in [0, 0.05) is 44.8 Å². The van der Waals surface area contributed by atoms with E-state index in [9.17, 15) is 18.0 Å². The van der Waals surface area contributed by atoms with Crippen LogP contribution in [-0.2, 0) is 23.0 Å². The summed E-state index contributed by atoms with van der Waals surface area (Å²) in [4.78, 5) is 29.0. The smallest absolute Gasteiger partial charge is 0.289 e. The van der Waals surface area contributed by atoms with Crippen molar-refractivity contribution in [3.63, 3.8) is 0 Å². The Hall–Kier alpha value is -3.43. The van der Waals surface area contributed by atoms with Gasteiger partial charge < -0.3 is 14.2 Å². The van der Waals surface area contributed by atoms with Gasteiger partial charge in [0.15, 0.2) is 5.76 Å². The van der Waals surface area contributed by atoms with Gasteiger partial charge >= 0.3 is 0 Å². The Labute approximate surface area is 198 Å². The van der Waals surface area contributed by atoms with Crippen molar-refractivity contribution >= 4 is 21.8 Å². The molecule has 1 aromatic heterocycles. The molecule has 0 radical (unpaired) electrons. The van der Waals surface area contributed by atoms with Crippen LogP contribution in [0.5, 0.6) is 0 Å². The van der Waals surface area contributed by atoms with Crippen LogP contribution in [0.3, 0.4) is 0 Å². The van der Waals surface area contributed by atoms with Crippen LogP contribution in [0.2, 0.25) is 0 Å². The van der Waals surface area contributed by atoms with Gasteiger partial charge in [-0.15, -0.1) is 0 Å². The molecule has 0 saturated carbocycles. The summed E-state index contributed by atoms with van der Waals surface area (Å²) in [5, 5.41) is 0. The summed E-state index contributed by atoms with van der Waals surface area (Å²) in [5.74, 6) is -0.169. The van der Waals surface area contributed by atoms with E-state index in [1.165, 1.54) is 28.3 Å². The number of piperazine rings is 1. The Kier molecular flexibility index (Phi) is 5.97. The molecule has 176 valence electrons. The van der Waals surface area contributed by atoms with Crippen molar-refractivity contribution in [3.8, 4) is 0 Å². The van der Waals surface area contributed by atoms with E-state index >= 15 is 0 Å². The second-order valence-corrected chi connectivity index (χ2v) is 10.4. The monoisotopic (exact) mass is 479 g/mol. The predicted molar refractivity (Wildman–Crippen MR) is 125 cm³/mol. The first kappa shape index (κ1) is 22.4. The zero-order valence-electron chi connectivity index (χ0n) is 18.6. The van der Waals surface area contributed by atoms with Crippen LogP contribution in [-0.4, -0.2) is 67.1 Å². The van der Waals surface area contributed by atoms with E-state index in [-0.39, 0.29) is 22.5 Å². The molecular weight excluding hydrogens is 454 g/mol. The van der Waals surface area contributed by atoms with Gasteiger partial charge in [0.25, 0.3) is 11.8 Å². The topological polar surface area (TPSA) is 91.1 Å². The second-order valence-electron chi connectivity index (χ2n) is 8.45. The number of fused-ring (bicyclic) bond motifs is 1. The zero-order valence-corrected chi connectivity index (χ0v) is 19.4. The third-order valence-corrected chi connectivity index (χ3v) is 8.24. The maximum Gasteiger partial charge on any atom is 0.289 e. The van der Waals surface area contributed by atoms with Crippen molar-refractivity contribution in [2.75, 3.05) is 32.7 Å². The van der Waals surface area contributed by atoms with Crippen molar-refractivity contribution in [2.45, 2.75) is 17.9 Å². The Morgan fingerprint density at radius 2 is 1.47 bits per heavy atom. The maximum atomic E-state index is 13.3. The molecule has 2 amide bonds. The zero-order chi connectivity index (χ0) is 23.7. The number of hydrogen-bond acceptors (Lipinski definition) is 5. The molecule has 0 aliphatic carbocycles. The highest BCUT2D eigenvalue weighted by Crippen LogP contribution is 2.25. The number of furan rings is 1. The molecule has 0 bridgehead atoms. The fourth-order valence-corrected chi connectivity index (χ4v) is 5.93. The van der Waals surface area contributed by atoms with Crippen LogP contribution in [0.4, 0.5) is 0 Å². The summed E-state index contributed by atoms with van der Waals surface area (Å²) >= 11 is 0. The van der Waals surface area contributed by atoms with Crippen LogP contribution < -0.4 is 0 Å². The van der Waals surface area contributed by atoms with Gasteiger partial charge in [0.2, 0.25) is 10.0 Å². The Balaban J connectivity index is 1.28. The minimum atomic E-state index is -3.74. The van der Waals surface area contributed by atoms with Crippen LogP contribution in [0.1, 0.15) is 32.0 Å². The van der Waals surface area contributed by atoms with Crippen molar-refractivity contribution in [1.29, 1.82) is 0 Å². The predicted octanol–water partition coefficient (Wildman–Crippen LogP) is 2.62. The minimum absolute atomic E-state index is 0.115. The molecule has 2 aliphatic rings. The summed E-state index contributed by atoms with van der Waals surface area (Å²) in [6.45, 7) is 2.23. The molecule has 2 aliphatic heterocycles. The number of sulfonamides is 1. The highest BCUT2D eigenvalue weighted by Gasteiger charge is 2.30. The van der Waals surface area contributed by atoms with Crippen LogP contribution in [0.25, 0.3) is 0 Å². The average molecular weight is 480 g/mol. The van der Waals surface area contributed by atoms with Gasteiger partial charge in [-0.2, -0.15) is 4.31 Å². The van der Waals surface area contributed by atoms with Crippen LogP contribution in [0, 0.1) is 0 Å². The quantitative estimate of drug-likeness (QED) is 0.574. The lowest BCUT2D eigenvalue weighted by Gasteiger charge is -2.34. The molecule has 3 heterocycles. The first-order chi connectivity index (χ1) is 16.4. The third-order valence-electron chi connectivity index (χ3n) is 6.40. The summed E-state index contributed by atoms with van der Waals surface area (Å²) < 4.78 is 33.3. The molecule has 1 saturated heterocycles. The Bertz CT molecular complexity index is 1310. The van der Waals surface area contributed by atoms with E-state index in [0.717, 1.165) is 5.56 Å². The SMILES string of the molecule is O=C(c1cccc(S(=O)(=O)N2CCc3ccccc3C2)c1)N1CCN(C(=O)c2ccco2)CC1. The van der Waals surface area contributed by atoms with E-state index in [4.69, 9.17) is 4.42 Å². The molecule has 3 aromatic rings. The molecule has 8 nitrogen and oxygen atoms in total. The fraction of sp³-hybridized carbons (Fsp3) is 0.280. The van der Waals surface area contributed by atoms with E-state index < -0.39 is 10.0 Å². The standard InChI is InChI=1S/C25H25N3O5S/c29-24(26-12-14-27(15-13-26)25(30)23-9-4-16-33-23)20-7-3-8-22(17-20)34(31,32)28-11-10-19-5-1-2-6-21(19)18-28/h1-9,16-17H,10-15,18H2. The first-order valence-corrected chi connectivity index (χ1v) is 12.7. The molecule has 0 spiro atoms. The van der Waals surface area contributed by atoms with Gasteiger partial charge in [0.1, 0.15) is 0 Å². The Morgan fingerprint density at radius 1 is 0.765 bits per heavy atom. The number of carbonyl (C=O) groups is 2. The highest BCUT2D eigenvalue weighted by molar-refractivity contribution is 7.89. The molecule has 34 heavy (non-hydrogen) atoms. The maximum absolute atomic E-state index is 13.3. The molecule has 0 N–H and O–H groups in total. The fourth-order valence-electron chi connectivity index (χ4n) is 4.46. The lowest BCUT2D eigenvalue weighted by atomic mass is 10.0. The lowest BCUT2D eigenvalue weighted by molar-refractivity contribution is 0.0518. The first-order valence-electron chi connectivity index (χ1n) is 11.2. The van der Waals surface area contributed by atoms with Crippen molar-refractivity contribution < 1.29 is 22.4 Å². The largest absolute Gasteiger partial charge is 0.459 e.